The van der Waals surface area contributed by atoms with Crippen LogP contribution in [-0.2, 0) is 20.8 Å². The molecule has 0 saturated heterocycles. The molecular weight excluding hydrogens is 454 g/mol. The average Bonchev–Trinajstić information content (AvgIpc) is 2.87. The van der Waals surface area contributed by atoms with Gasteiger partial charge in [-0.3, -0.25) is 14.4 Å². The lowest BCUT2D eigenvalue weighted by molar-refractivity contribution is -0.128. The number of hydrogen-bond donors (Lipinski definition) is 5. The van der Waals surface area contributed by atoms with E-state index in [-0.39, 0.29) is 24.1 Å². The molecule has 1 atom stereocenters. The van der Waals surface area contributed by atoms with Crippen molar-refractivity contribution in [3.63, 3.8) is 0 Å². The van der Waals surface area contributed by atoms with Gasteiger partial charge in [0.2, 0.25) is 17.7 Å². The first-order valence-corrected chi connectivity index (χ1v) is 13.2. The number of unbranched alkanes of at least 4 members (excludes halogenated alkanes) is 3. The second-order valence-corrected chi connectivity index (χ2v) is 9.16. The van der Waals surface area contributed by atoms with Crippen molar-refractivity contribution in [3.05, 3.63) is 48.0 Å². The summed E-state index contributed by atoms with van der Waals surface area (Å²) >= 11 is 0. The van der Waals surface area contributed by atoms with Crippen LogP contribution >= 0.6 is 0 Å². The second kappa shape index (κ2) is 17.5. The van der Waals surface area contributed by atoms with E-state index < -0.39 is 6.04 Å². The van der Waals surface area contributed by atoms with Crippen LogP contribution in [-0.4, -0.2) is 56.5 Å². The van der Waals surface area contributed by atoms with Gasteiger partial charge < -0.3 is 27.0 Å². The van der Waals surface area contributed by atoms with E-state index in [0.717, 1.165) is 74.5 Å². The summed E-state index contributed by atoms with van der Waals surface area (Å²) < 4.78 is 0. The van der Waals surface area contributed by atoms with E-state index in [1.807, 2.05) is 42.5 Å². The maximum atomic E-state index is 12.5. The molecule has 0 fully saturated rings. The zero-order valence-electron chi connectivity index (χ0n) is 21.6. The van der Waals surface area contributed by atoms with Crippen molar-refractivity contribution < 1.29 is 14.4 Å². The van der Waals surface area contributed by atoms with Gasteiger partial charge in [-0.2, -0.15) is 0 Å². The molecule has 2 aromatic rings. The molecule has 0 radical (unpaired) electrons. The van der Waals surface area contributed by atoms with Gasteiger partial charge in [0.15, 0.2) is 0 Å². The molecule has 36 heavy (non-hydrogen) atoms. The minimum atomic E-state index is -0.603. The SMILES string of the molecule is CC(NC(=O)Cc1cccc2ccccc12)C(=O)NCCCCCC(=O)NCCCNCCCCN. The molecule has 0 aromatic heterocycles. The standard InChI is InChI=1S/C28H43N5O3/c1-22(33-27(35)21-24-13-9-12-23-11-4-5-14-25(23)24)28(36)32-19-7-2-3-15-26(34)31-20-10-18-30-17-8-6-16-29/h4-5,9,11-14,22,30H,2-3,6-8,10,15-21,29H2,1H3,(H,31,34)(H,32,36)(H,33,35). The van der Waals surface area contributed by atoms with E-state index in [1.54, 1.807) is 6.92 Å². The fraction of sp³-hybridized carbons (Fsp3) is 0.536. The quantitative estimate of drug-likeness (QED) is 0.202. The van der Waals surface area contributed by atoms with Crippen LogP contribution in [0.5, 0.6) is 0 Å². The van der Waals surface area contributed by atoms with Crippen LogP contribution in [0.25, 0.3) is 10.8 Å². The van der Waals surface area contributed by atoms with E-state index in [1.165, 1.54) is 0 Å². The van der Waals surface area contributed by atoms with Crippen molar-refractivity contribution in [2.75, 3.05) is 32.7 Å². The van der Waals surface area contributed by atoms with Gasteiger partial charge >= 0.3 is 0 Å². The summed E-state index contributed by atoms with van der Waals surface area (Å²) in [5.74, 6) is -0.303. The molecule has 0 aliphatic carbocycles. The third-order valence-corrected chi connectivity index (χ3v) is 6.04. The predicted molar refractivity (Wildman–Crippen MR) is 146 cm³/mol. The Balaban J connectivity index is 1.50. The molecule has 0 heterocycles. The number of carbonyl (C=O) groups is 3. The third kappa shape index (κ3) is 11.6. The largest absolute Gasteiger partial charge is 0.356 e. The summed E-state index contributed by atoms with van der Waals surface area (Å²) in [6.45, 7) is 5.50. The molecule has 1 unspecified atom stereocenters. The molecule has 2 aromatic carbocycles. The fourth-order valence-electron chi connectivity index (χ4n) is 3.98. The van der Waals surface area contributed by atoms with Crippen LogP contribution in [0.15, 0.2) is 42.5 Å². The van der Waals surface area contributed by atoms with E-state index in [2.05, 4.69) is 21.3 Å². The normalized spacial score (nSPS) is 11.7. The number of nitrogens with one attached hydrogen (secondary N) is 4. The molecule has 8 nitrogen and oxygen atoms in total. The van der Waals surface area contributed by atoms with Crippen LogP contribution in [0.4, 0.5) is 0 Å². The first-order chi connectivity index (χ1) is 17.5. The number of benzene rings is 2. The van der Waals surface area contributed by atoms with E-state index in [9.17, 15) is 14.4 Å². The predicted octanol–water partition coefficient (Wildman–Crippen LogP) is 2.40. The first-order valence-electron chi connectivity index (χ1n) is 13.2. The minimum absolute atomic E-state index is 0.0738. The number of carbonyl (C=O) groups excluding carboxylic acids is 3. The zero-order chi connectivity index (χ0) is 26.0. The third-order valence-electron chi connectivity index (χ3n) is 6.04. The smallest absolute Gasteiger partial charge is 0.242 e. The van der Waals surface area contributed by atoms with Crippen molar-refractivity contribution in [3.8, 4) is 0 Å². The molecule has 2 rings (SSSR count). The van der Waals surface area contributed by atoms with Crippen LogP contribution in [0.2, 0.25) is 0 Å². The van der Waals surface area contributed by atoms with Gasteiger partial charge in [-0.05, 0) is 75.0 Å². The maximum absolute atomic E-state index is 12.5. The summed E-state index contributed by atoms with van der Waals surface area (Å²) in [4.78, 5) is 36.7. The first kappa shape index (κ1) is 29.3. The molecule has 3 amide bonds. The Morgan fingerprint density at radius 1 is 0.778 bits per heavy atom. The number of nitrogens with two attached hydrogens (primary N) is 1. The number of fused-ring (bicyclic) bond motifs is 1. The highest BCUT2D eigenvalue weighted by molar-refractivity contribution is 5.92. The highest BCUT2D eigenvalue weighted by atomic mass is 16.2. The summed E-state index contributed by atoms with van der Waals surface area (Å²) in [6, 6.07) is 13.2. The molecule has 0 bridgehead atoms. The van der Waals surface area contributed by atoms with Gasteiger partial charge in [-0.1, -0.05) is 48.9 Å². The van der Waals surface area contributed by atoms with Crippen molar-refractivity contribution in [1.29, 1.82) is 0 Å². The van der Waals surface area contributed by atoms with Gasteiger partial charge in [0.05, 0.1) is 6.42 Å². The number of amides is 3. The summed E-state index contributed by atoms with van der Waals surface area (Å²) in [5.41, 5.74) is 6.40. The topological polar surface area (TPSA) is 125 Å². The van der Waals surface area contributed by atoms with Gasteiger partial charge in [0, 0.05) is 19.5 Å². The summed E-state index contributed by atoms with van der Waals surface area (Å²) in [6.07, 6.45) is 6.21. The Morgan fingerprint density at radius 3 is 2.33 bits per heavy atom. The monoisotopic (exact) mass is 497 g/mol. The van der Waals surface area contributed by atoms with E-state index in [0.29, 0.717) is 19.5 Å². The molecule has 8 heteroatoms. The summed E-state index contributed by atoms with van der Waals surface area (Å²) in [7, 11) is 0. The highest BCUT2D eigenvalue weighted by Gasteiger charge is 2.16. The van der Waals surface area contributed by atoms with Crippen molar-refractivity contribution in [1.82, 2.24) is 21.3 Å². The Kier molecular flexibility index (Phi) is 14.2. The van der Waals surface area contributed by atoms with Gasteiger partial charge in [0.25, 0.3) is 0 Å². The van der Waals surface area contributed by atoms with E-state index in [4.69, 9.17) is 5.73 Å². The Bertz CT molecular complexity index is 944. The highest BCUT2D eigenvalue weighted by Crippen LogP contribution is 2.18. The van der Waals surface area contributed by atoms with Crippen molar-refractivity contribution in [2.24, 2.45) is 5.73 Å². The molecule has 6 N–H and O–H groups in total. The van der Waals surface area contributed by atoms with Gasteiger partial charge in [0.1, 0.15) is 6.04 Å². The molecule has 198 valence electrons. The Hall–Kier alpha value is -2.97. The van der Waals surface area contributed by atoms with Crippen LogP contribution in [0.3, 0.4) is 0 Å². The average molecular weight is 498 g/mol. The van der Waals surface area contributed by atoms with Crippen LogP contribution < -0.4 is 27.0 Å². The Labute approximate surface area is 215 Å². The number of hydrogen-bond acceptors (Lipinski definition) is 5. The van der Waals surface area contributed by atoms with Crippen molar-refractivity contribution >= 4 is 28.5 Å². The molecule has 0 spiro atoms. The van der Waals surface area contributed by atoms with Crippen molar-refractivity contribution in [2.45, 2.75) is 64.3 Å². The second-order valence-electron chi connectivity index (χ2n) is 9.16. The fourth-order valence-corrected chi connectivity index (χ4v) is 3.98. The summed E-state index contributed by atoms with van der Waals surface area (Å²) in [5, 5.41) is 14.1. The maximum Gasteiger partial charge on any atom is 0.242 e. The molecular formula is C28H43N5O3. The lowest BCUT2D eigenvalue weighted by atomic mass is 10.0. The molecule has 0 aliphatic heterocycles. The minimum Gasteiger partial charge on any atom is -0.356 e. The Morgan fingerprint density at radius 2 is 1.50 bits per heavy atom. The van der Waals surface area contributed by atoms with Crippen LogP contribution in [0.1, 0.15) is 57.4 Å². The number of rotatable bonds is 18. The van der Waals surface area contributed by atoms with Crippen LogP contribution in [0, 0.1) is 0 Å². The van der Waals surface area contributed by atoms with Gasteiger partial charge in [-0.15, -0.1) is 0 Å². The van der Waals surface area contributed by atoms with Gasteiger partial charge in [-0.25, -0.2) is 0 Å². The van der Waals surface area contributed by atoms with E-state index >= 15 is 0 Å². The zero-order valence-corrected chi connectivity index (χ0v) is 21.6. The molecule has 0 saturated carbocycles. The lowest BCUT2D eigenvalue weighted by Gasteiger charge is -2.15. The molecule has 0 aliphatic rings. The lowest BCUT2D eigenvalue weighted by Crippen LogP contribution is -2.45.